The van der Waals surface area contributed by atoms with Crippen LogP contribution in [-0.4, -0.2) is 23.0 Å². The molecule has 0 spiro atoms. The number of rotatable bonds is 3. The van der Waals surface area contributed by atoms with Gasteiger partial charge in [0.2, 0.25) is 0 Å². The summed E-state index contributed by atoms with van der Waals surface area (Å²) >= 11 is 0. The minimum atomic E-state index is 0.722. The van der Waals surface area contributed by atoms with Gasteiger partial charge in [-0.25, -0.2) is 0 Å². The van der Waals surface area contributed by atoms with Gasteiger partial charge in [-0.1, -0.05) is 20.8 Å². The lowest BCUT2D eigenvalue weighted by Gasteiger charge is -2.35. The molecular weight excluding hydrogens is 158 g/mol. The van der Waals surface area contributed by atoms with Crippen molar-refractivity contribution < 1.29 is 0 Å². The standard InChI is InChI=1S/C12H25N/c1-6-11-7-8-12(9(2)3)13(11)10(4)5/h9-12H,6-8H2,1-5H3/t11-,12-/m0/s1. The number of hydrogen-bond acceptors (Lipinski definition) is 1. The molecule has 0 N–H and O–H groups in total. The van der Waals surface area contributed by atoms with Gasteiger partial charge >= 0.3 is 0 Å². The Labute approximate surface area is 83.5 Å². The second kappa shape index (κ2) is 4.45. The molecule has 78 valence electrons. The van der Waals surface area contributed by atoms with E-state index in [9.17, 15) is 0 Å². The van der Waals surface area contributed by atoms with Crippen LogP contribution in [0.5, 0.6) is 0 Å². The second-order valence-electron chi connectivity index (χ2n) is 4.99. The van der Waals surface area contributed by atoms with Gasteiger partial charge in [0.25, 0.3) is 0 Å². The molecule has 0 bridgehead atoms. The monoisotopic (exact) mass is 183 g/mol. The van der Waals surface area contributed by atoms with E-state index in [0.717, 1.165) is 24.0 Å². The molecule has 2 atom stereocenters. The number of nitrogens with zero attached hydrogens (tertiary/aromatic N) is 1. The zero-order valence-electron chi connectivity index (χ0n) is 9.88. The van der Waals surface area contributed by atoms with Crippen LogP contribution in [0.1, 0.15) is 53.9 Å². The molecule has 1 saturated heterocycles. The Kier molecular flexibility index (Phi) is 3.78. The molecule has 1 heterocycles. The van der Waals surface area contributed by atoms with Crippen LogP contribution in [0.2, 0.25) is 0 Å². The summed E-state index contributed by atoms with van der Waals surface area (Å²) in [5, 5.41) is 0. The van der Waals surface area contributed by atoms with Crippen LogP contribution in [0.15, 0.2) is 0 Å². The molecule has 0 saturated carbocycles. The average Bonchev–Trinajstić information content (AvgIpc) is 2.46. The van der Waals surface area contributed by atoms with E-state index in [1.807, 2.05) is 0 Å². The lowest BCUT2D eigenvalue weighted by molar-refractivity contribution is 0.117. The summed E-state index contributed by atoms with van der Waals surface area (Å²) in [5.74, 6) is 0.818. The van der Waals surface area contributed by atoms with Crippen molar-refractivity contribution >= 4 is 0 Å². The van der Waals surface area contributed by atoms with Crippen molar-refractivity contribution in [1.82, 2.24) is 4.90 Å². The molecule has 0 aromatic rings. The quantitative estimate of drug-likeness (QED) is 0.649. The fraction of sp³-hybridized carbons (Fsp3) is 1.00. The molecule has 1 rings (SSSR count). The summed E-state index contributed by atoms with van der Waals surface area (Å²) in [6.07, 6.45) is 4.15. The Morgan fingerprint density at radius 3 is 2.15 bits per heavy atom. The van der Waals surface area contributed by atoms with Gasteiger partial charge in [-0.3, -0.25) is 4.90 Å². The van der Waals surface area contributed by atoms with Gasteiger partial charge in [0.15, 0.2) is 0 Å². The van der Waals surface area contributed by atoms with E-state index in [1.165, 1.54) is 19.3 Å². The van der Waals surface area contributed by atoms with E-state index in [2.05, 4.69) is 39.5 Å². The molecule has 13 heavy (non-hydrogen) atoms. The molecule has 1 nitrogen and oxygen atoms in total. The Bertz CT molecular complexity index is 151. The van der Waals surface area contributed by atoms with Crippen molar-refractivity contribution in [3.05, 3.63) is 0 Å². The largest absolute Gasteiger partial charge is 0.295 e. The molecule has 1 heteroatoms. The molecule has 1 aliphatic heterocycles. The van der Waals surface area contributed by atoms with Crippen LogP contribution in [0.25, 0.3) is 0 Å². The molecule has 0 amide bonds. The molecule has 1 fully saturated rings. The zero-order chi connectivity index (χ0) is 10.0. The van der Waals surface area contributed by atoms with Crippen molar-refractivity contribution in [3.63, 3.8) is 0 Å². The number of likely N-dealkylation sites (tertiary alicyclic amines) is 1. The Balaban J connectivity index is 2.67. The predicted octanol–water partition coefficient (Wildman–Crippen LogP) is 3.29. The van der Waals surface area contributed by atoms with E-state index in [1.54, 1.807) is 0 Å². The lowest BCUT2D eigenvalue weighted by Crippen LogP contribution is -2.43. The first kappa shape index (κ1) is 11.0. The van der Waals surface area contributed by atoms with E-state index >= 15 is 0 Å². The molecule has 0 aromatic carbocycles. The lowest BCUT2D eigenvalue weighted by atomic mass is 10.0. The van der Waals surface area contributed by atoms with Crippen LogP contribution in [0.4, 0.5) is 0 Å². The first-order chi connectivity index (χ1) is 6.07. The molecule has 0 aromatic heterocycles. The molecule has 0 unspecified atom stereocenters. The fourth-order valence-electron chi connectivity index (χ4n) is 2.83. The van der Waals surface area contributed by atoms with Gasteiger partial charge in [-0.15, -0.1) is 0 Å². The summed E-state index contributed by atoms with van der Waals surface area (Å²) < 4.78 is 0. The van der Waals surface area contributed by atoms with Crippen LogP contribution in [-0.2, 0) is 0 Å². The highest BCUT2D eigenvalue weighted by atomic mass is 15.2. The van der Waals surface area contributed by atoms with Crippen molar-refractivity contribution in [2.75, 3.05) is 0 Å². The van der Waals surface area contributed by atoms with Crippen LogP contribution < -0.4 is 0 Å². The van der Waals surface area contributed by atoms with E-state index < -0.39 is 0 Å². The third kappa shape index (κ3) is 2.25. The highest BCUT2D eigenvalue weighted by Crippen LogP contribution is 2.32. The fourth-order valence-corrected chi connectivity index (χ4v) is 2.83. The van der Waals surface area contributed by atoms with Gasteiger partial charge in [0, 0.05) is 18.1 Å². The van der Waals surface area contributed by atoms with Crippen LogP contribution in [0.3, 0.4) is 0 Å². The van der Waals surface area contributed by atoms with Crippen molar-refractivity contribution in [3.8, 4) is 0 Å². The summed E-state index contributed by atoms with van der Waals surface area (Å²) in [7, 11) is 0. The molecule has 0 aliphatic carbocycles. The van der Waals surface area contributed by atoms with Gasteiger partial charge in [-0.2, -0.15) is 0 Å². The Morgan fingerprint density at radius 1 is 1.15 bits per heavy atom. The topological polar surface area (TPSA) is 3.24 Å². The van der Waals surface area contributed by atoms with Crippen molar-refractivity contribution in [2.24, 2.45) is 5.92 Å². The van der Waals surface area contributed by atoms with Crippen LogP contribution >= 0.6 is 0 Å². The molecule has 0 radical (unpaired) electrons. The van der Waals surface area contributed by atoms with Gasteiger partial charge in [0.05, 0.1) is 0 Å². The van der Waals surface area contributed by atoms with Gasteiger partial charge in [0.1, 0.15) is 0 Å². The first-order valence-corrected chi connectivity index (χ1v) is 5.85. The highest BCUT2D eigenvalue weighted by Gasteiger charge is 2.35. The third-order valence-corrected chi connectivity index (χ3v) is 3.44. The predicted molar refractivity (Wildman–Crippen MR) is 58.9 cm³/mol. The highest BCUT2D eigenvalue weighted by molar-refractivity contribution is 4.90. The first-order valence-electron chi connectivity index (χ1n) is 5.85. The molecular formula is C12H25N. The van der Waals surface area contributed by atoms with Gasteiger partial charge in [-0.05, 0) is 39.0 Å². The summed E-state index contributed by atoms with van der Waals surface area (Å²) in [5.41, 5.74) is 0. The van der Waals surface area contributed by atoms with E-state index in [4.69, 9.17) is 0 Å². The maximum Gasteiger partial charge on any atom is 0.0124 e. The molecule has 1 aliphatic rings. The SMILES string of the molecule is CC[C@H]1CC[C@@H](C(C)C)N1C(C)C. The minimum Gasteiger partial charge on any atom is -0.295 e. The third-order valence-electron chi connectivity index (χ3n) is 3.44. The summed E-state index contributed by atoms with van der Waals surface area (Å²) in [4.78, 5) is 2.74. The minimum absolute atomic E-state index is 0.722. The second-order valence-corrected chi connectivity index (χ2v) is 4.99. The smallest absolute Gasteiger partial charge is 0.0124 e. The Hall–Kier alpha value is -0.0400. The maximum absolute atomic E-state index is 2.74. The Morgan fingerprint density at radius 2 is 1.77 bits per heavy atom. The van der Waals surface area contributed by atoms with E-state index in [0.29, 0.717) is 0 Å². The summed E-state index contributed by atoms with van der Waals surface area (Å²) in [6, 6.07) is 2.41. The van der Waals surface area contributed by atoms with Crippen molar-refractivity contribution in [1.29, 1.82) is 0 Å². The summed E-state index contributed by atoms with van der Waals surface area (Å²) in [6.45, 7) is 11.7. The number of hydrogen-bond donors (Lipinski definition) is 0. The van der Waals surface area contributed by atoms with E-state index in [-0.39, 0.29) is 0 Å². The van der Waals surface area contributed by atoms with Crippen molar-refractivity contribution in [2.45, 2.75) is 72.0 Å². The zero-order valence-corrected chi connectivity index (χ0v) is 9.88. The average molecular weight is 183 g/mol. The van der Waals surface area contributed by atoms with Crippen LogP contribution in [0, 0.1) is 5.92 Å². The normalized spacial score (nSPS) is 30.7. The maximum atomic E-state index is 2.74. The van der Waals surface area contributed by atoms with Gasteiger partial charge < -0.3 is 0 Å².